The van der Waals surface area contributed by atoms with Crippen molar-refractivity contribution in [2.24, 2.45) is 0 Å². The Morgan fingerprint density at radius 2 is 1.68 bits per heavy atom. The summed E-state index contributed by atoms with van der Waals surface area (Å²) in [6.45, 7) is 6.59. The molecule has 0 aliphatic carbocycles. The second kappa shape index (κ2) is 6.55. The molecule has 0 aliphatic heterocycles. The Hall–Kier alpha value is -1.57. The molecule has 1 aromatic heterocycles. The van der Waals surface area contributed by atoms with Gasteiger partial charge in [-0.3, -0.25) is 0 Å². The molecule has 0 spiro atoms. The summed E-state index contributed by atoms with van der Waals surface area (Å²) in [6.07, 6.45) is 6.90. The van der Waals surface area contributed by atoms with E-state index in [4.69, 9.17) is 4.98 Å². The molecule has 19 heavy (non-hydrogen) atoms. The van der Waals surface area contributed by atoms with E-state index in [2.05, 4.69) is 50.0 Å². The van der Waals surface area contributed by atoms with Gasteiger partial charge in [-0.25, -0.2) is 4.98 Å². The van der Waals surface area contributed by atoms with Crippen LogP contribution in [0.4, 0.5) is 0 Å². The quantitative estimate of drug-likeness (QED) is 0.768. The summed E-state index contributed by atoms with van der Waals surface area (Å²) in [5, 5.41) is 0. The molecular weight excluding hydrogens is 232 g/mol. The molecule has 0 aliphatic rings. The summed E-state index contributed by atoms with van der Waals surface area (Å²) in [5.41, 5.74) is 3.54. The van der Waals surface area contributed by atoms with Crippen LogP contribution in [0, 0.1) is 6.92 Å². The van der Waals surface area contributed by atoms with Crippen LogP contribution in [0.15, 0.2) is 30.5 Å². The van der Waals surface area contributed by atoms with Crippen molar-refractivity contribution < 1.29 is 0 Å². The molecule has 2 aromatic rings. The average molecular weight is 256 g/mol. The third-order valence-electron chi connectivity index (χ3n) is 3.61. The fraction of sp³-hybridized carbons (Fsp3) is 0.471. The van der Waals surface area contributed by atoms with Crippen LogP contribution in [-0.4, -0.2) is 9.97 Å². The van der Waals surface area contributed by atoms with Gasteiger partial charge < -0.3 is 4.98 Å². The first kappa shape index (κ1) is 13.9. The molecule has 2 rings (SSSR count). The fourth-order valence-electron chi connectivity index (χ4n) is 2.53. The standard InChI is InChI=1S/C17H24N2/c1-4-6-15(7-5-2)17-18-12-16(19-17)14-10-8-13(3)9-11-14/h8-12,15H,4-7H2,1-3H3,(H,18,19). The fourth-order valence-corrected chi connectivity index (χ4v) is 2.53. The van der Waals surface area contributed by atoms with E-state index in [1.54, 1.807) is 0 Å². The van der Waals surface area contributed by atoms with E-state index in [1.807, 2.05) is 6.20 Å². The van der Waals surface area contributed by atoms with Crippen molar-refractivity contribution in [3.63, 3.8) is 0 Å². The van der Waals surface area contributed by atoms with Crippen LogP contribution >= 0.6 is 0 Å². The topological polar surface area (TPSA) is 28.7 Å². The van der Waals surface area contributed by atoms with E-state index in [-0.39, 0.29) is 0 Å². The van der Waals surface area contributed by atoms with Gasteiger partial charge >= 0.3 is 0 Å². The maximum atomic E-state index is 4.79. The van der Waals surface area contributed by atoms with E-state index >= 15 is 0 Å². The molecule has 2 nitrogen and oxygen atoms in total. The molecule has 1 aromatic carbocycles. The van der Waals surface area contributed by atoms with E-state index < -0.39 is 0 Å². The highest BCUT2D eigenvalue weighted by Crippen LogP contribution is 2.26. The summed E-state index contributed by atoms with van der Waals surface area (Å²) in [5.74, 6) is 1.73. The van der Waals surface area contributed by atoms with Crippen molar-refractivity contribution in [2.45, 2.75) is 52.4 Å². The highest BCUT2D eigenvalue weighted by molar-refractivity contribution is 5.58. The molecule has 0 radical (unpaired) electrons. The van der Waals surface area contributed by atoms with Gasteiger partial charge in [-0.15, -0.1) is 0 Å². The zero-order chi connectivity index (χ0) is 13.7. The lowest BCUT2D eigenvalue weighted by atomic mass is 9.98. The minimum absolute atomic E-state index is 0.578. The van der Waals surface area contributed by atoms with E-state index in [9.17, 15) is 0 Å². The molecule has 0 bridgehead atoms. The van der Waals surface area contributed by atoms with Crippen molar-refractivity contribution in [1.82, 2.24) is 9.97 Å². The Labute approximate surface area is 116 Å². The Kier molecular flexibility index (Phi) is 4.78. The Bertz CT molecular complexity index is 490. The van der Waals surface area contributed by atoms with Gasteiger partial charge in [-0.1, -0.05) is 56.5 Å². The van der Waals surface area contributed by atoms with Crippen LogP contribution in [-0.2, 0) is 0 Å². The largest absolute Gasteiger partial charge is 0.348 e. The lowest BCUT2D eigenvalue weighted by molar-refractivity contribution is 0.538. The number of imidazole rings is 1. The number of nitrogens with zero attached hydrogens (tertiary/aromatic N) is 1. The smallest absolute Gasteiger partial charge is 0.109 e. The van der Waals surface area contributed by atoms with E-state index in [1.165, 1.54) is 36.8 Å². The number of aromatic amines is 1. The van der Waals surface area contributed by atoms with E-state index in [0.29, 0.717) is 5.92 Å². The summed E-state index contributed by atoms with van der Waals surface area (Å²) in [4.78, 5) is 8.17. The van der Waals surface area contributed by atoms with Crippen molar-refractivity contribution in [3.05, 3.63) is 41.9 Å². The number of nitrogens with one attached hydrogen (secondary N) is 1. The molecule has 0 saturated heterocycles. The number of aryl methyl sites for hydroxylation is 1. The van der Waals surface area contributed by atoms with E-state index in [0.717, 1.165) is 11.5 Å². The first-order valence-electron chi connectivity index (χ1n) is 7.37. The zero-order valence-electron chi connectivity index (χ0n) is 12.2. The van der Waals surface area contributed by atoms with Crippen LogP contribution in [0.1, 0.15) is 56.8 Å². The normalized spacial score (nSPS) is 11.2. The highest BCUT2D eigenvalue weighted by Gasteiger charge is 2.14. The number of hydrogen-bond donors (Lipinski definition) is 1. The van der Waals surface area contributed by atoms with Crippen molar-refractivity contribution in [3.8, 4) is 11.3 Å². The Morgan fingerprint density at radius 3 is 2.26 bits per heavy atom. The number of benzene rings is 1. The second-order valence-corrected chi connectivity index (χ2v) is 5.31. The van der Waals surface area contributed by atoms with Gasteiger partial charge in [0.2, 0.25) is 0 Å². The molecule has 0 unspecified atom stereocenters. The zero-order valence-corrected chi connectivity index (χ0v) is 12.2. The molecule has 2 heteroatoms. The third-order valence-corrected chi connectivity index (χ3v) is 3.61. The predicted octanol–water partition coefficient (Wildman–Crippen LogP) is 5.07. The van der Waals surface area contributed by atoms with Gasteiger partial charge in [-0.2, -0.15) is 0 Å². The number of aromatic nitrogens is 2. The van der Waals surface area contributed by atoms with Gasteiger partial charge in [0.25, 0.3) is 0 Å². The summed E-state index contributed by atoms with van der Waals surface area (Å²) >= 11 is 0. The maximum absolute atomic E-state index is 4.79. The highest BCUT2D eigenvalue weighted by atomic mass is 14.9. The van der Waals surface area contributed by atoms with Gasteiger partial charge in [0.1, 0.15) is 5.82 Å². The average Bonchev–Trinajstić information content (AvgIpc) is 2.89. The maximum Gasteiger partial charge on any atom is 0.109 e. The Morgan fingerprint density at radius 1 is 1.05 bits per heavy atom. The summed E-state index contributed by atoms with van der Waals surface area (Å²) in [7, 11) is 0. The van der Waals surface area contributed by atoms with Crippen LogP contribution in [0.5, 0.6) is 0 Å². The first-order valence-corrected chi connectivity index (χ1v) is 7.37. The molecule has 0 amide bonds. The second-order valence-electron chi connectivity index (χ2n) is 5.31. The minimum atomic E-state index is 0.578. The van der Waals surface area contributed by atoms with Crippen molar-refractivity contribution in [2.75, 3.05) is 0 Å². The SMILES string of the molecule is CCCC(CCC)c1nc(-c2ccc(C)cc2)c[nH]1. The van der Waals surface area contributed by atoms with Gasteiger partial charge in [-0.05, 0) is 19.8 Å². The number of rotatable bonds is 6. The first-order chi connectivity index (χ1) is 9.24. The molecule has 0 atom stereocenters. The van der Waals surface area contributed by atoms with Crippen LogP contribution in [0.2, 0.25) is 0 Å². The van der Waals surface area contributed by atoms with Crippen LogP contribution in [0.3, 0.4) is 0 Å². The van der Waals surface area contributed by atoms with Crippen molar-refractivity contribution >= 4 is 0 Å². The van der Waals surface area contributed by atoms with Gasteiger partial charge in [0, 0.05) is 17.7 Å². The molecule has 0 saturated carbocycles. The minimum Gasteiger partial charge on any atom is -0.348 e. The molecule has 1 N–H and O–H groups in total. The molecular formula is C17H24N2. The molecule has 0 fully saturated rings. The lowest BCUT2D eigenvalue weighted by Crippen LogP contribution is -2.00. The number of H-pyrrole nitrogens is 1. The van der Waals surface area contributed by atoms with Gasteiger partial charge in [0.05, 0.1) is 5.69 Å². The molecule has 102 valence electrons. The Balaban J connectivity index is 2.19. The third kappa shape index (κ3) is 3.46. The molecule has 1 heterocycles. The lowest BCUT2D eigenvalue weighted by Gasteiger charge is -2.11. The van der Waals surface area contributed by atoms with Crippen LogP contribution < -0.4 is 0 Å². The number of hydrogen-bond acceptors (Lipinski definition) is 1. The summed E-state index contributed by atoms with van der Waals surface area (Å²) in [6, 6.07) is 8.56. The van der Waals surface area contributed by atoms with Crippen molar-refractivity contribution in [1.29, 1.82) is 0 Å². The van der Waals surface area contributed by atoms with Crippen LogP contribution in [0.25, 0.3) is 11.3 Å². The monoisotopic (exact) mass is 256 g/mol. The predicted molar refractivity (Wildman–Crippen MR) is 81.3 cm³/mol. The summed E-state index contributed by atoms with van der Waals surface area (Å²) < 4.78 is 0. The van der Waals surface area contributed by atoms with Gasteiger partial charge in [0.15, 0.2) is 0 Å².